The van der Waals surface area contributed by atoms with Crippen molar-refractivity contribution in [2.75, 3.05) is 24.2 Å². The highest BCUT2D eigenvalue weighted by Gasteiger charge is 2.10. The topological polar surface area (TPSA) is 55.0 Å². The van der Waals surface area contributed by atoms with E-state index in [2.05, 4.69) is 32.4 Å². The minimum absolute atomic E-state index is 0.484. The maximum atomic E-state index is 6.02. The van der Waals surface area contributed by atoms with E-state index in [0.29, 0.717) is 5.82 Å². The molecule has 102 valence electrons. The monoisotopic (exact) mass is 284 g/mol. The lowest BCUT2D eigenvalue weighted by atomic mass is 10.3. The van der Waals surface area contributed by atoms with Crippen LogP contribution in [-0.4, -0.2) is 23.6 Å². The van der Waals surface area contributed by atoms with Gasteiger partial charge in [-0.25, -0.2) is 9.97 Å². The molecular weight excluding hydrogens is 268 g/mol. The summed E-state index contributed by atoms with van der Waals surface area (Å²) in [5, 5.41) is 2.10. The molecule has 0 aliphatic rings. The molecule has 0 spiro atoms. The Morgan fingerprint density at radius 1 is 1.10 bits per heavy atom. The van der Waals surface area contributed by atoms with Gasteiger partial charge in [0.1, 0.15) is 0 Å². The van der Waals surface area contributed by atoms with E-state index in [0.717, 1.165) is 29.8 Å². The summed E-state index contributed by atoms with van der Waals surface area (Å²) in [6, 6.07) is 12.0. The van der Waals surface area contributed by atoms with Crippen LogP contribution in [0.1, 0.15) is 4.88 Å². The smallest absolute Gasteiger partial charge is 0.171 e. The predicted octanol–water partition coefficient (Wildman–Crippen LogP) is 2.95. The molecule has 0 unspecified atom stereocenters. The molecule has 4 nitrogen and oxygen atoms in total. The van der Waals surface area contributed by atoms with Crippen molar-refractivity contribution in [1.82, 2.24) is 9.97 Å². The van der Waals surface area contributed by atoms with Crippen molar-refractivity contribution in [3.8, 4) is 0 Å². The van der Waals surface area contributed by atoms with E-state index in [1.54, 1.807) is 11.3 Å². The van der Waals surface area contributed by atoms with E-state index in [-0.39, 0.29) is 0 Å². The fraction of sp³-hybridized carbons (Fsp3) is 0.200. The highest BCUT2D eigenvalue weighted by Crippen LogP contribution is 2.21. The van der Waals surface area contributed by atoms with Gasteiger partial charge in [-0.05, 0) is 30.0 Å². The number of para-hydroxylation sites is 2. The summed E-state index contributed by atoms with van der Waals surface area (Å²) >= 11 is 1.77. The number of nitrogen functional groups attached to an aromatic ring is 1. The summed E-state index contributed by atoms with van der Waals surface area (Å²) in [4.78, 5) is 12.5. The van der Waals surface area contributed by atoms with Crippen LogP contribution in [0.5, 0.6) is 0 Å². The largest absolute Gasteiger partial charge is 0.381 e. The number of likely N-dealkylation sites (N-methyl/N-ethyl adjacent to an activating group) is 1. The Hall–Kier alpha value is -2.14. The minimum Gasteiger partial charge on any atom is -0.381 e. The van der Waals surface area contributed by atoms with Gasteiger partial charge in [0.05, 0.1) is 11.0 Å². The van der Waals surface area contributed by atoms with Gasteiger partial charge in [0.15, 0.2) is 11.6 Å². The lowest BCUT2D eigenvalue weighted by Crippen LogP contribution is -2.23. The lowest BCUT2D eigenvalue weighted by molar-refractivity contribution is 0.871. The molecule has 2 heterocycles. The summed E-state index contributed by atoms with van der Waals surface area (Å²) in [6.45, 7) is 0.873. The van der Waals surface area contributed by atoms with Gasteiger partial charge in [0.25, 0.3) is 0 Å². The number of rotatable bonds is 4. The maximum absolute atomic E-state index is 6.02. The van der Waals surface area contributed by atoms with E-state index >= 15 is 0 Å². The van der Waals surface area contributed by atoms with Crippen molar-refractivity contribution < 1.29 is 0 Å². The molecule has 0 atom stereocenters. The zero-order valence-corrected chi connectivity index (χ0v) is 12.1. The van der Waals surface area contributed by atoms with Crippen molar-refractivity contribution in [2.24, 2.45) is 0 Å². The van der Waals surface area contributed by atoms with E-state index < -0.39 is 0 Å². The summed E-state index contributed by atoms with van der Waals surface area (Å²) in [5.74, 6) is 1.23. The molecule has 0 fully saturated rings. The Kier molecular flexibility index (Phi) is 3.52. The lowest BCUT2D eigenvalue weighted by Gasteiger charge is -2.19. The highest BCUT2D eigenvalue weighted by molar-refractivity contribution is 7.09. The van der Waals surface area contributed by atoms with Crippen molar-refractivity contribution in [3.63, 3.8) is 0 Å². The third kappa shape index (κ3) is 2.58. The summed E-state index contributed by atoms with van der Waals surface area (Å²) in [5.41, 5.74) is 7.73. The van der Waals surface area contributed by atoms with Gasteiger partial charge in [-0.15, -0.1) is 11.3 Å². The van der Waals surface area contributed by atoms with Crippen molar-refractivity contribution in [2.45, 2.75) is 6.42 Å². The van der Waals surface area contributed by atoms with Crippen LogP contribution < -0.4 is 10.6 Å². The molecule has 0 aliphatic heterocycles. The molecule has 1 aromatic carbocycles. The van der Waals surface area contributed by atoms with Gasteiger partial charge in [0, 0.05) is 18.5 Å². The third-order valence-corrected chi connectivity index (χ3v) is 4.15. The number of hydrogen-bond acceptors (Lipinski definition) is 5. The van der Waals surface area contributed by atoms with E-state index in [1.807, 2.05) is 31.3 Å². The van der Waals surface area contributed by atoms with Gasteiger partial charge < -0.3 is 10.6 Å². The Morgan fingerprint density at radius 2 is 1.85 bits per heavy atom. The fourth-order valence-corrected chi connectivity index (χ4v) is 2.82. The molecule has 0 bridgehead atoms. The van der Waals surface area contributed by atoms with Crippen molar-refractivity contribution in [1.29, 1.82) is 0 Å². The second-order valence-electron chi connectivity index (χ2n) is 4.67. The quantitative estimate of drug-likeness (QED) is 0.800. The normalized spacial score (nSPS) is 10.8. The Balaban J connectivity index is 1.83. The number of fused-ring (bicyclic) bond motifs is 1. The molecule has 2 aromatic heterocycles. The number of aromatic nitrogens is 2. The maximum Gasteiger partial charge on any atom is 0.171 e. The Morgan fingerprint density at radius 3 is 2.55 bits per heavy atom. The van der Waals surface area contributed by atoms with Crippen LogP contribution in [0, 0.1) is 0 Å². The number of nitrogens with zero attached hydrogens (tertiary/aromatic N) is 3. The van der Waals surface area contributed by atoms with Gasteiger partial charge in [0.2, 0.25) is 0 Å². The number of nitrogens with two attached hydrogens (primary N) is 1. The predicted molar refractivity (Wildman–Crippen MR) is 85.2 cm³/mol. The fourth-order valence-electron chi connectivity index (χ4n) is 2.12. The van der Waals surface area contributed by atoms with Gasteiger partial charge in [-0.2, -0.15) is 0 Å². The molecule has 5 heteroatoms. The average molecular weight is 284 g/mol. The minimum atomic E-state index is 0.484. The Labute approximate surface area is 121 Å². The van der Waals surface area contributed by atoms with Gasteiger partial charge in [-0.1, -0.05) is 18.2 Å². The molecule has 3 rings (SSSR count). The summed E-state index contributed by atoms with van der Waals surface area (Å²) in [7, 11) is 2.00. The first-order chi connectivity index (χ1) is 9.74. The zero-order chi connectivity index (χ0) is 13.9. The molecule has 2 N–H and O–H groups in total. The summed E-state index contributed by atoms with van der Waals surface area (Å²) in [6.07, 6.45) is 0.988. The van der Waals surface area contributed by atoms with Crippen LogP contribution in [0.2, 0.25) is 0 Å². The van der Waals surface area contributed by atoms with Crippen LogP contribution in [0.25, 0.3) is 11.0 Å². The molecule has 20 heavy (non-hydrogen) atoms. The number of thiophene rings is 1. The van der Waals surface area contributed by atoms with Crippen molar-refractivity contribution in [3.05, 3.63) is 46.7 Å². The molecule has 3 aromatic rings. The highest BCUT2D eigenvalue weighted by atomic mass is 32.1. The van der Waals surface area contributed by atoms with E-state index in [1.165, 1.54) is 4.88 Å². The first kappa shape index (κ1) is 12.9. The zero-order valence-electron chi connectivity index (χ0n) is 11.3. The second-order valence-corrected chi connectivity index (χ2v) is 5.70. The summed E-state index contributed by atoms with van der Waals surface area (Å²) < 4.78 is 0. The number of anilines is 2. The molecule has 0 amide bonds. The van der Waals surface area contributed by atoms with Gasteiger partial charge in [-0.3, -0.25) is 0 Å². The van der Waals surface area contributed by atoms with Crippen LogP contribution >= 0.6 is 11.3 Å². The van der Waals surface area contributed by atoms with Crippen LogP contribution in [0.3, 0.4) is 0 Å². The molecule has 0 saturated carbocycles. The third-order valence-electron chi connectivity index (χ3n) is 3.21. The first-order valence-corrected chi connectivity index (χ1v) is 7.38. The van der Waals surface area contributed by atoms with Gasteiger partial charge >= 0.3 is 0 Å². The standard InChI is InChI=1S/C15H16N4S/c1-19(9-8-11-5-4-10-20-11)15-14(16)17-12-6-2-3-7-13(12)18-15/h2-7,10H,8-9H2,1H3,(H2,16,17). The van der Waals surface area contributed by atoms with E-state index in [9.17, 15) is 0 Å². The second kappa shape index (κ2) is 5.46. The van der Waals surface area contributed by atoms with Crippen molar-refractivity contribution >= 4 is 34.0 Å². The Bertz CT molecular complexity index is 709. The van der Waals surface area contributed by atoms with E-state index in [4.69, 9.17) is 5.73 Å². The van der Waals surface area contributed by atoms with Crippen LogP contribution in [-0.2, 0) is 6.42 Å². The van der Waals surface area contributed by atoms with Crippen LogP contribution in [0.15, 0.2) is 41.8 Å². The molecule has 0 saturated heterocycles. The molecule has 0 radical (unpaired) electrons. The molecule has 0 aliphatic carbocycles. The first-order valence-electron chi connectivity index (χ1n) is 6.50. The van der Waals surface area contributed by atoms with Crippen LogP contribution in [0.4, 0.5) is 11.6 Å². The number of benzene rings is 1. The average Bonchev–Trinajstić information content (AvgIpc) is 2.97. The molecular formula is C15H16N4S. The number of hydrogen-bond donors (Lipinski definition) is 1. The SMILES string of the molecule is CN(CCc1cccs1)c1nc2ccccc2nc1N.